The maximum atomic E-state index is 12.8. The number of hydrogen-bond donors (Lipinski definition) is 1. The molecule has 0 fully saturated rings. The summed E-state index contributed by atoms with van der Waals surface area (Å²) in [5.41, 5.74) is 8.30. The lowest BCUT2D eigenvalue weighted by molar-refractivity contribution is 0.0699. The highest BCUT2D eigenvalue weighted by Crippen LogP contribution is 2.19. The van der Waals surface area contributed by atoms with Gasteiger partial charge in [-0.15, -0.1) is 0 Å². The van der Waals surface area contributed by atoms with E-state index in [1.807, 2.05) is 60.7 Å². The van der Waals surface area contributed by atoms with Crippen LogP contribution in [0.25, 0.3) is 0 Å². The number of carbonyl (C=O) groups is 1. The molecule has 4 heteroatoms. The van der Waals surface area contributed by atoms with Crippen LogP contribution in [0.1, 0.15) is 21.7 Å². The predicted molar refractivity (Wildman–Crippen MR) is 89.6 cm³/mol. The summed E-state index contributed by atoms with van der Waals surface area (Å²) < 4.78 is 5.27. The van der Waals surface area contributed by atoms with E-state index in [1.54, 1.807) is 11.0 Å². The minimum atomic E-state index is -0.208. The summed E-state index contributed by atoms with van der Waals surface area (Å²) in [7, 11) is 0. The van der Waals surface area contributed by atoms with Crippen molar-refractivity contribution in [2.45, 2.75) is 13.1 Å². The highest BCUT2D eigenvalue weighted by atomic mass is 16.3. The molecule has 3 aromatic rings. The summed E-state index contributed by atoms with van der Waals surface area (Å²) in [6, 6.07) is 21.3. The fourth-order valence-corrected chi connectivity index (χ4v) is 2.44. The Labute approximate surface area is 135 Å². The number of nitrogens with two attached hydrogens (primary N) is 1. The number of rotatable bonds is 5. The molecule has 0 atom stereocenters. The van der Waals surface area contributed by atoms with E-state index in [0.29, 0.717) is 18.8 Å². The van der Waals surface area contributed by atoms with Gasteiger partial charge < -0.3 is 15.1 Å². The first-order valence-electron chi connectivity index (χ1n) is 7.44. The Kier molecular flexibility index (Phi) is 4.43. The van der Waals surface area contributed by atoms with Gasteiger partial charge in [0.2, 0.25) is 5.76 Å². The number of nitrogen functional groups attached to an aromatic ring is 1. The molecule has 0 bridgehead atoms. The molecule has 3 rings (SSSR count). The zero-order valence-corrected chi connectivity index (χ0v) is 12.7. The molecule has 0 saturated carbocycles. The summed E-state index contributed by atoms with van der Waals surface area (Å²) in [6.45, 7) is 0.989. The van der Waals surface area contributed by atoms with Crippen molar-refractivity contribution >= 4 is 11.6 Å². The largest absolute Gasteiger partial charge is 0.457 e. The van der Waals surface area contributed by atoms with Gasteiger partial charge in [0.05, 0.1) is 12.0 Å². The van der Waals surface area contributed by atoms with Gasteiger partial charge in [0.1, 0.15) is 0 Å². The lowest BCUT2D eigenvalue weighted by Gasteiger charge is -2.22. The second kappa shape index (κ2) is 6.83. The van der Waals surface area contributed by atoms with Crippen molar-refractivity contribution in [1.82, 2.24) is 4.90 Å². The van der Waals surface area contributed by atoms with Crippen molar-refractivity contribution in [3.8, 4) is 0 Å². The molecule has 2 N–H and O–H groups in total. The van der Waals surface area contributed by atoms with Gasteiger partial charge in [0, 0.05) is 19.2 Å². The van der Waals surface area contributed by atoms with E-state index in [1.165, 1.54) is 6.26 Å². The maximum Gasteiger partial charge on any atom is 0.292 e. The van der Waals surface area contributed by atoms with Gasteiger partial charge in [-0.2, -0.15) is 0 Å². The number of nitrogens with zero attached hydrogens (tertiary/aromatic N) is 1. The zero-order chi connectivity index (χ0) is 16.1. The van der Waals surface area contributed by atoms with Crippen LogP contribution in [0.5, 0.6) is 0 Å². The quantitative estimate of drug-likeness (QED) is 0.782. The SMILES string of the molecule is Nc1ccoc1C(=O)N(Cc1ccccc1)Cc1ccccc1. The Balaban J connectivity index is 1.86. The van der Waals surface area contributed by atoms with E-state index >= 15 is 0 Å². The van der Waals surface area contributed by atoms with E-state index in [2.05, 4.69) is 0 Å². The molecule has 116 valence electrons. The molecule has 0 spiro atoms. The van der Waals surface area contributed by atoms with Gasteiger partial charge >= 0.3 is 0 Å². The minimum Gasteiger partial charge on any atom is -0.457 e. The van der Waals surface area contributed by atoms with Crippen LogP contribution >= 0.6 is 0 Å². The number of carbonyl (C=O) groups excluding carboxylic acids is 1. The van der Waals surface area contributed by atoms with Gasteiger partial charge in [-0.1, -0.05) is 60.7 Å². The molecule has 23 heavy (non-hydrogen) atoms. The third-order valence-electron chi connectivity index (χ3n) is 3.61. The Bertz CT molecular complexity index is 725. The van der Waals surface area contributed by atoms with Crippen LogP contribution in [0.15, 0.2) is 77.4 Å². The van der Waals surface area contributed by atoms with Crippen molar-refractivity contribution < 1.29 is 9.21 Å². The topological polar surface area (TPSA) is 59.5 Å². The molecular formula is C19H18N2O2. The number of hydrogen-bond acceptors (Lipinski definition) is 3. The van der Waals surface area contributed by atoms with E-state index in [9.17, 15) is 4.79 Å². The van der Waals surface area contributed by atoms with Crippen molar-refractivity contribution in [2.75, 3.05) is 5.73 Å². The number of benzene rings is 2. The first kappa shape index (κ1) is 14.9. The van der Waals surface area contributed by atoms with Crippen LogP contribution < -0.4 is 5.73 Å². The molecule has 0 unspecified atom stereocenters. The summed E-state index contributed by atoms with van der Waals surface area (Å²) in [4.78, 5) is 14.5. The lowest BCUT2D eigenvalue weighted by Crippen LogP contribution is -2.30. The summed E-state index contributed by atoms with van der Waals surface area (Å²) in [5.74, 6) is -0.0166. The highest BCUT2D eigenvalue weighted by molar-refractivity contribution is 5.96. The van der Waals surface area contributed by atoms with E-state index in [-0.39, 0.29) is 11.7 Å². The third kappa shape index (κ3) is 3.61. The smallest absolute Gasteiger partial charge is 0.292 e. The minimum absolute atomic E-state index is 0.192. The molecule has 1 amide bonds. The number of amides is 1. The maximum absolute atomic E-state index is 12.8. The summed E-state index contributed by atoms with van der Waals surface area (Å²) in [6.07, 6.45) is 1.44. The molecule has 0 saturated heterocycles. The van der Waals surface area contributed by atoms with Crippen LogP contribution in [-0.2, 0) is 13.1 Å². The van der Waals surface area contributed by atoms with Gasteiger partial charge in [-0.3, -0.25) is 4.79 Å². The average molecular weight is 306 g/mol. The molecule has 4 nitrogen and oxygen atoms in total. The standard InChI is InChI=1S/C19H18N2O2/c20-17-11-12-23-18(17)19(22)21(13-15-7-3-1-4-8-15)14-16-9-5-2-6-10-16/h1-12H,13-14,20H2. The van der Waals surface area contributed by atoms with Crippen molar-refractivity contribution in [3.63, 3.8) is 0 Å². The van der Waals surface area contributed by atoms with Crippen LogP contribution in [0.2, 0.25) is 0 Å². The van der Waals surface area contributed by atoms with E-state index in [0.717, 1.165) is 11.1 Å². The molecule has 0 aliphatic carbocycles. The van der Waals surface area contributed by atoms with Crippen molar-refractivity contribution in [3.05, 3.63) is 89.9 Å². The first-order chi connectivity index (χ1) is 11.2. The molecule has 1 heterocycles. The van der Waals surface area contributed by atoms with Gasteiger partial charge in [0.25, 0.3) is 5.91 Å². The molecule has 1 aromatic heterocycles. The molecule has 2 aromatic carbocycles. The predicted octanol–water partition coefficient (Wildman–Crippen LogP) is 3.70. The molecule has 0 aliphatic heterocycles. The molecule has 0 radical (unpaired) electrons. The first-order valence-corrected chi connectivity index (χ1v) is 7.44. The fraction of sp³-hybridized carbons (Fsp3) is 0.105. The number of furan rings is 1. The normalized spacial score (nSPS) is 10.4. The zero-order valence-electron chi connectivity index (χ0n) is 12.7. The second-order valence-electron chi connectivity index (χ2n) is 5.34. The Morgan fingerprint density at radius 3 is 1.83 bits per heavy atom. The van der Waals surface area contributed by atoms with E-state index < -0.39 is 0 Å². The second-order valence-corrected chi connectivity index (χ2v) is 5.34. The van der Waals surface area contributed by atoms with Gasteiger partial charge in [-0.05, 0) is 11.1 Å². The lowest BCUT2D eigenvalue weighted by atomic mass is 10.1. The average Bonchev–Trinajstić information content (AvgIpc) is 3.01. The van der Waals surface area contributed by atoms with Gasteiger partial charge in [-0.25, -0.2) is 0 Å². The third-order valence-corrected chi connectivity index (χ3v) is 3.61. The van der Waals surface area contributed by atoms with Crippen LogP contribution in [0.3, 0.4) is 0 Å². The van der Waals surface area contributed by atoms with Crippen molar-refractivity contribution in [1.29, 1.82) is 0 Å². The van der Waals surface area contributed by atoms with Crippen molar-refractivity contribution in [2.24, 2.45) is 0 Å². The van der Waals surface area contributed by atoms with Crippen LogP contribution in [0.4, 0.5) is 5.69 Å². The molecular weight excluding hydrogens is 288 g/mol. The number of anilines is 1. The monoisotopic (exact) mass is 306 g/mol. The van der Waals surface area contributed by atoms with E-state index in [4.69, 9.17) is 10.2 Å². The Morgan fingerprint density at radius 2 is 1.39 bits per heavy atom. The van der Waals surface area contributed by atoms with Crippen LogP contribution in [-0.4, -0.2) is 10.8 Å². The van der Waals surface area contributed by atoms with Gasteiger partial charge in [0.15, 0.2) is 0 Å². The highest BCUT2D eigenvalue weighted by Gasteiger charge is 2.21. The Hall–Kier alpha value is -3.01. The molecule has 0 aliphatic rings. The summed E-state index contributed by atoms with van der Waals surface area (Å²) >= 11 is 0. The summed E-state index contributed by atoms with van der Waals surface area (Å²) in [5, 5.41) is 0. The van der Waals surface area contributed by atoms with Crippen LogP contribution in [0, 0.1) is 0 Å². The Morgan fingerprint density at radius 1 is 0.870 bits per heavy atom. The fourth-order valence-electron chi connectivity index (χ4n) is 2.44.